The lowest BCUT2D eigenvalue weighted by Crippen LogP contribution is -2.27. The van der Waals surface area contributed by atoms with E-state index < -0.39 is 0 Å². The van der Waals surface area contributed by atoms with Gasteiger partial charge in [0.2, 0.25) is 0 Å². The molecule has 0 saturated heterocycles. The Bertz CT molecular complexity index is 644. The smallest absolute Gasteiger partial charge is 0.256 e. The van der Waals surface area contributed by atoms with Gasteiger partial charge in [0.1, 0.15) is 0 Å². The molecule has 0 aliphatic carbocycles. The highest BCUT2D eigenvalue weighted by Crippen LogP contribution is 2.21. The minimum atomic E-state index is -0.190. The minimum absolute atomic E-state index is 0.190. The van der Waals surface area contributed by atoms with Crippen LogP contribution in [0.25, 0.3) is 0 Å². The van der Waals surface area contributed by atoms with E-state index >= 15 is 0 Å². The molecule has 104 valence electrons. The van der Waals surface area contributed by atoms with Gasteiger partial charge in [0.25, 0.3) is 5.91 Å². The number of nitrogen functional groups attached to an aromatic ring is 1. The molecule has 2 rings (SSSR count). The zero-order valence-electron chi connectivity index (χ0n) is 10.9. The van der Waals surface area contributed by atoms with Gasteiger partial charge in [0, 0.05) is 29.3 Å². The van der Waals surface area contributed by atoms with E-state index in [0.717, 1.165) is 5.56 Å². The molecule has 0 heterocycles. The number of carbonyl (C=O) groups is 1. The quantitative estimate of drug-likeness (QED) is 0.875. The van der Waals surface area contributed by atoms with Crippen molar-refractivity contribution in [3.63, 3.8) is 0 Å². The van der Waals surface area contributed by atoms with Gasteiger partial charge in [-0.1, -0.05) is 41.4 Å². The Morgan fingerprint density at radius 2 is 1.90 bits per heavy atom. The molecule has 0 unspecified atom stereocenters. The summed E-state index contributed by atoms with van der Waals surface area (Å²) in [5.41, 5.74) is 7.50. The predicted molar refractivity (Wildman–Crippen MR) is 83.1 cm³/mol. The summed E-state index contributed by atoms with van der Waals surface area (Å²) in [6, 6.07) is 12.3. The first kappa shape index (κ1) is 14.7. The van der Waals surface area contributed by atoms with Gasteiger partial charge in [0.15, 0.2) is 0 Å². The van der Waals surface area contributed by atoms with Crippen molar-refractivity contribution in [2.45, 2.75) is 6.54 Å². The predicted octanol–water partition coefficient (Wildman–Crippen LogP) is 3.85. The van der Waals surface area contributed by atoms with Crippen molar-refractivity contribution in [3.05, 3.63) is 63.6 Å². The molecule has 2 aromatic rings. The number of anilines is 1. The van der Waals surface area contributed by atoms with Gasteiger partial charge in [-0.05, 0) is 29.8 Å². The fourth-order valence-electron chi connectivity index (χ4n) is 1.87. The highest BCUT2D eigenvalue weighted by atomic mass is 35.5. The second kappa shape index (κ2) is 6.16. The highest BCUT2D eigenvalue weighted by Gasteiger charge is 2.16. The molecule has 5 heteroatoms. The van der Waals surface area contributed by atoms with Gasteiger partial charge in [-0.3, -0.25) is 4.79 Å². The molecule has 0 radical (unpaired) electrons. The number of nitrogens with two attached hydrogens (primary N) is 1. The molecule has 0 fully saturated rings. The van der Waals surface area contributed by atoms with Gasteiger partial charge in [0.05, 0.1) is 5.56 Å². The van der Waals surface area contributed by atoms with Crippen LogP contribution in [0.3, 0.4) is 0 Å². The average Bonchev–Trinajstić information content (AvgIpc) is 2.43. The Kier molecular flexibility index (Phi) is 4.53. The van der Waals surface area contributed by atoms with Crippen LogP contribution in [-0.4, -0.2) is 17.9 Å². The highest BCUT2D eigenvalue weighted by molar-refractivity contribution is 6.31. The van der Waals surface area contributed by atoms with Crippen LogP contribution >= 0.6 is 23.2 Å². The van der Waals surface area contributed by atoms with Crippen molar-refractivity contribution in [1.29, 1.82) is 0 Å². The van der Waals surface area contributed by atoms with Crippen molar-refractivity contribution in [2.24, 2.45) is 0 Å². The van der Waals surface area contributed by atoms with Crippen molar-refractivity contribution >= 4 is 34.8 Å². The average molecular weight is 309 g/mol. The van der Waals surface area contributed by atoms with Crippen LogP contribution in [0.1, 0.15) is 15.9 Å². The molecule has 0 atom stereocenters. The molecule has 0 spiro atoms. The van der Waals surface area contributed by atoms with E-state index in [4.69, 9.17) is 28.9 Å². The van der Waals surface area contributed by atoms with Crippen LogP contribution in [0.2, 0.25) is 10.0 Å². The lowest BCUT2D eigenvalue weighted by molar-refractivity contribution is 0.0786. The number of rotatable bonds is 3. The van der Waals surface area contributed by atoms with E-state index in [2.05, 4.69) is 0 Å². The maximum absolute atomic E-state index is 12.4. The summed E-state index contributed by atoms with van der Waals surface area (Å²) in [4.78, 5) is 13.9. The number of halogens is 2. The van der Waals surface area contributed by atoms with Crippen LogP contribution in [0.4, 0.5) is 5.69 Å². The van der Waals surface area contributed by atoms with Gasteiger partial charge < -0.3 is 10.6 Å². The van der Waals surface area contributed by atoms with Crippen molar-refractivity contribution < 1.29 is 4.79 Å². The molecule has 20 heavy (non-hydrogen) atoms. The normalized spacial score (nSPS) is 10.3. The fourth-order valence-corrected chi connectivity index (χ4v) is 2.24. The molecular weight excluding hydrogens is 295 g/mol. The lowest BCUT2D eigenvalue weighted by Gasteiger charge is -2.19. The first-order valence-corrected chi connectivity index (χ1v) is 6.78. The molecule has 0 aliphatic heterocycles. The van der Waals surface area contributed by atoms with Crippen LogP contribution in [-0.2, 0) is 6.54 Å². The largest absolute Gasteiger partial charge is 0.398 e. The van der Waals surface area contributed by atoms with E-state index in [1.165, 1.54) is 0 Å². The summed E-state index contributed by atoms with van der Waals surface area (Å²) in [7, 11) is 1.70. The molecule has 0 aliphatic rings. The number of hydrogen-bond donors (Lipinski definition) is 1. The lowest BCUT2D eigenvalue weighted by atomic mass is 10.1. The molecule has 2 N–H and O–H groups in total. The Hall–Kier alpha value is -1.71. The molecule has 2 aromatic carbocycles. The Balaban J connectivity index is 2.21. The topological polar surface area (TPSA) is 46.3 Å². The number of amides is 1. The first-order chi connectivity index (χ1) is 9.49. The molecule has 0 bridgehead atoms. The number of nitrogens with zero attached hydrogens (tertiary/aromatic N) is 1. The van der Waals surface area contributed by atoms with E-state index in [1.54, 1.807) is 36.2 Å². The van der Waals surface area contributed by atoms with Crippen LogP contribution in [0, 0.1) is 0 Å². The second-order valence-corrected chi connectivity index (χ2v) is 5.33. The zero-order valence-corrected chi connectivity index (χ0v) is 12.4. The summed E-state index contributed by atoms with van der Waals surface area (Å²) in [6.07, 6.45) is 0. The fraction of sp³-hybridized carbons (Fsp3) is 0.133. The SMILES string of the molecule is CN(Cc1ccccc1Cl)C(=O)c1cc(Cl)ccc1N. The van der Waals surface area contributed by atoms with E-state index in [1.807, 2.05) is 18.2 Å². The van der Waals surface area contributed by atoms with Crippen LogP contribution < -0.4 is 5.73 Å². The van der Waals surface area contributed by atoms with Crippen LogP contribution in [0.15, 0.2) is 42.5 Å². The van der Waals surface area contributed by atoms with E-state index in [-0.39, 0.29) is 5.91 Å². The van der Waals surface area contributed by atoms with Crippen molar-refractivity contribution in [1.82, 2.24) is 4.90 Å². The Labute approximate surface area is 127 Å². The molecule has 0 saturated carbocycles. The Morgan fingerprint density at radius 1 is 1.20 bits per heavy atom. The molecule has 0 aromatic heterocycles. The van der Waals surface area contributed by atoms with Gasteiger partial charge >= 0.3 is 0 Å². The summed E-state index contributed by atoms with van der Waals surface area (Å²) >= 11 is 12.0. The summed E-state index contributed by atoms with van der Waals surface area (Å²) in [6.45, 7) is 0.407. The number of hydrogen-bond acceptors (Lipinski definition) is 2. The van der Waals surface area contributed by atoms with Gasteiger partial charge in [-0.25, -0.2) is 0 Å². The molecule has 3 nitrogen and oxygen atoms in total. The summed E-state index contributed by atoms with van der Waals surface area (Å²) in [5, 5.41) is 1.11. The minimum Gasteiger partial charge on any atom is -0.398 e. The molecule has 1 amide bonds. The van der Waals surface area contributed by atoms with E-state index in [9.17, 15) is 4.79 Å². The summed E-state index contributed by atoms with van der Waals surface area (Å²) < 4.78 is 0. The third-order valence-electron chi connectivity index (χ3n) is 2.96. The Morgan fingerprint density at radius 3 is 2.60 bits per heavy atom. The molecular formula is C15H14Cl2N2O. The maximum atomic E-state index is 12.4. The maximum Gasteiger partial charge on any atom is 0.256 e. The standard InChI is InChI=1S/C15H14Cl2N2O/c1-19(9-10-4-2-3-5-13(10)17)15(20)12-8-11(16)6-7-14(12)18/h2-8H,9,18H2,1H3. The first-order valence-electron chi connectivity index (χ1n) is 6.03. The van der Waals surface area contributed by atoms with E-state index in [0.29, 0.717) is 27.8 Å². The van der Waals surface area contributed by atoms with Crippen LogP contribution in [0.5, 0.6) is 0 Å². The summed E-state index contributed by atoms with van der Waals surface area (Å²) in [5.74, 6) is -0.190. The van der Waals surface area contributed by atoms with Crippen molar-refractivity contribution in [3.8, 4) is 0 Å². The van der Waals surface area contributed by atoms with Gasteiger partial charge in [-0.2, -0.15) is 0 Å². The number of benzene rings is 2. The second-order valence-electron chi connectivity index (χ2n) is 4.48. The monoisotopic (exact) mass is 308 g/mol. The van der Waals surface area contributed by atoms with Crippen molar-refractivity contribution in [2.75, 3.05) is 12.8 Å². The van der Waals surface area contributed by atoms with Gasteiger partial charge in [-0.15, -0.1) is 0 Å². The number of carbonyl (C=O) groups excluding carboxylic acids is 1. The third kappa shape index (κ3) is 3.24. The zero-order chi connectivity index (χ0) is 14.7. The third-order valence-corrected chi connectivity index (χ3v) is 3.56.